The van der Waals surface area contributed by atoms with Crippen LogP contribution in [0.3, 0.4) is 0 Å². The van der Waals surface area contributed by atoms with E-state index in [-0.39, 0.29) is 0 Å². The molecule has 1 aromatic carbocycles. The van der Waals surface area contributed by atoms with Crippen molar-refractivity contribution in [1.82, 2.24) is 19.8 Å². The van der Waals surface area contributed by atoms with Gasteiger partial charge in [0.05, 0.1) is 12.1 Å². The number of fused-ring (bicyclic) bond motifs is 1. The highest BCUT2D eigenvalue weighted by atomic mass is 16.2. The molecule has 1 saturated heterocycles. The number of anilines is 1. The first-order valence-electron chi connectivity index (χ1n) is 10.2. The Labute approximate surface area is 160 Å². The normalized spacial score (nSPS) is 19.0. The average Bonchev–Trinajstić information content (AvgIpc) is 3.20. The molecule has 27 heavy (non-hydrogen) atoms. The molecule has 2 aromatic rings. The first-order valence-corrected chi connectivity index (χ1v) is 10.2. The zero-order chi connectivity index (χ0) is 18.6. The molecule has 6 nitrogen and oxygen atoms in total. The zero-order valence-electron chi connectivity index (χ0n) is 15.9. The Morgan fingerprint density at radius 1 is 1.07 bits per heavy atom. The van der Waals surface area contributed by atoms with Gasteiger partial charge in [-0.3, -0.25) is 9.69 Å². The van der Waals surface area contributed by atoms with Crippen LogP contribution in [0.4, 0.5) is 5.82 Å². The number of nitrogens with zero attached hydrogens (tertiary/aromatic N) is 4. The first kappa shape index (κ1) is 18.2. The molecule has 4 rings (SSSR count). The van der Waals surface area contributed by atoms with E-state index in [2.05, 4.69) is 14.9 Å². The van der Waals surface area contributed by atoms with Crippen LogP contribution in [0.2, 0.25) is 0 Å². The SMILES string of the molecule is Nc1nc(CN2CCN(C(=O)CCC3CCCC3)CC2)nc2ccccc12. The number of nitrogen functional groups attached to an aromatic ring is 1. The summed E-state index contributed by atoms with van der Waals surface area (Å²) in [5.74, 6) is 2.40. The Morgan fingerprint density at radius 3 is 2.59 bits per heavy atom. The smallest absolute Gasteiger partial charge is 0.222 e. The number of aromatic nitrogens is 2. The van der Waals surface area contributed by atoms with Crippen molar-refractivity contribution in [2.75, 3.05) is 31.9 Å². The van der Waals surface area contributed by atoms with Gasteiger partial charge < -0.3 is 10.6 Å². The lowest BCUT2D eigenvalue weighted by Gasteiger charge is -2.34. The van der Waals surface area contributed by atoms with Crippen molar-refractivity contribution in [3.63, 3.8) is 0 Å². The molecule has 1 aliphatic carbocycles. The fourth-order valence-corrected chi connectivity index (χ4v) is 4.36. The van der Waals surface area contributed by atoms with Gasteiger partial charge in [0, 0.05) is 38.0 Å². The largest absolute Gasteiger partial charge is 0.383 e. The molecule has 2 heterocycles. The van der Waals surface area contributed by atoms with Gasteiger partial charge in [-0.15, -0.1) is 0 Å². The summed E-state index contributed by atoms with van der Waals surface area (Å²) >= 11 is 0. The van der Waals surface area contributed by atoms with Gasteiger partial charge in [-0.1, -0.05) is 37.8 Å². The summed E-state index contributed by atoms with van der Waals surface area (Å²) in [6.07, 6.45) is 7.11. The molecule has 2 aliphatic rings. The maximum atomic E-state index is 12.5. The van der Waals surface area contributed by atoms with E-state index < -0.39 is 0 Å². The van der Waals surface area contributed by atoms with Crippen molar-refractivity contribution >= 4 is 22.6 Å². The van der Waals surface area contributed by atoms with E-state index in [0.717, 1.165) is 61.7 Å². The molecule has 0 radical (unpaired) electrons. The van der Waals surface area contributed by atoms with Gasteiger partial charge in [0.1, 0.15) is 11.6 Å². The summed E-state index contributed by atoms with van der Waals surface area (Å²) in [5.41, 5.74) is 6.98. The van der Waals surface area contributed by atoms with Crippen LogP contribution in [0.1, 0.15) is 44.3 Å². The minimum Gasteiger partial charge on any atom is -0.383 e. The number of amides is 1. The van der Waals surface area contributed by atoms with Gasteiger partial charge in [-0.2, -0.15) is 0 Å². The van der Waals surface area contributed by atoms with Crippen LogP contribution in [0.15, 0.2) is 24.3 Å². The van der Waals surface area contributed by atoms with E-state index in [9.17, 15) is 4.79 Å². The van der Waals surface area contributed by atoms with Crippen molar-refractivity contribution in [2.45, 2.75) is 45.1 Å². The number of hydrogen-bond donors (Lipinski definition) is 1. The summed E-state index contributed by atoms with van der Waals surface area (Å²) in [6, 6.07) is 7.83. The average molecular weight is 367 g/mol. The Morgan fingerprint density at radius 2 is 1.81 bits per heavy atom. The van der Waals surface area contributed by atoms with Crippen LogP contribution in [-0.4, -0.2) is 51.9 Å². The molecule has 1 aromatic heterocycles. The number of benzene rings is 1. The topological polar surface area (TPSA) is 75.3 Å². The molecule has 2 fully saturated rings. The van der Waals surface area contributed by atoms with E-state index in [4.69, 9.17) is 5.73 Å². The van der Waals surface area contributed by atoms with E-state index in [1.807, 2.05) is 29.2 Å². The van der Waals surface area contributed by atoms with Crippen LogP contribution in [0.25, 0.3) is 10.9 Å². The lowest BCUT2D eigenvalue weighted by Crippen LogP contribution is -2.48. The molecule has 6 heteroatoms. The molecule has 0 atom stereocenters. The van der Waals surface area contributed by atoms with Gasteiger partial charge in [0.25, 0.3) is 0 Å². The zero-order valence-corrected chi connectivity index (χ0v) is 15.9. The number of carbonyl (C=O) groups is 1. The Bertz CT molecular complexity index is 794. The second-order valence-electron chi connectivity index (χ2n) is 7.89. The maximum absolute atomic E-state index is 12.5. The number of para-hydroxylation sites is 1. The maximum Gasteiger partial charge on any atom is 0.222 e. The van der Waals surface area contributed by atoms with Gasteiger partial charge in [-0.05, 0) is 24.5 Å². The first-order chi connectivity index (χ1) is 13.2. The second-order valence-corrected chi connectivity index (χ2v) is 7.89. The Hall–Kier alpha value is -2.21. The van der Waals surface area contributed by atoms with Gasteiger partial charge in [0.15, 0.2) is 0 Å². The van der Waals surface area contributed by atoms with Crippen molar-refractivity contribution in [3.05, 3.63) is 30.1 Å². The van der Waals surface area contributed by atoms with Crippen LogP contribution < -0.4 is 5.73 Å². The van der Waals surface area contributed by atoms with E-state index in [1.165, 1.54) is 25.7 Å². The molecule has 1 aliphatic heterocycles. The number of carbonyl (C=O) groups excluding carboxylic acids is 1. The summed E-state index contributed by atoms with van der Waals surface area (Å²) < 4.78 is 0. The molecular formula is C21H29N5O. The Kier molecular flexibility index (Phi) is 5.53. The lowest BCUT2D eigenvalue weighted by atomic mass is 10.0. The fourth-order valence-electron chi connectivity index (χ4n) is 4.36. The highest BCUT2D eigenvalue weighted by Crippen LogP contribution is 2.28. The standard InChI is InChI=1S/C21H29N5O/c22-21-17-7-3-4-8-18(17)23-19(24-21)15-25-11-13-26(14-12-25)20(27)10-9-16-5-1-2-6-16/h3-4,7-8,16H,1-2,5-6,9-15H2,(H2,22,23,24). The van der Waals surface area contributed by atoms with Gasteiger partial charge in [0.2, 0.25) is 5.91 Å². The quantitative estimate of drug-likeness (QED) is 0.879. The lowest BCUT2D eigenvalue weighted by molar-refractivity contribution is -0.133. The molecule has 0 unspecified atom stereocenters. The van der Waals surface area contributed by atoms with Crippen molar-refractivity contribution < 1.29 is 4.79 Å². The monoisotopic (exact) mass is 367 g/mol. The van der Waals surface area contributed by atoms with E-state index in [1.54, 1.807) is 0 Å². The fraction of sp³-hybridized carbons (Fsp3) is 0.571. The highest BCUT2D eigenvalue weighted by Gasteiger charge is 2.23. The van der Waals surface area contributed by atoms with Crippen molar-refractivity contribution in [2.24, 2.45) is 5.92 Å². The number of piperazine rings is 1. The molecular weight excluding hydrogens is 338 g/mol. The number of hydrogen-bond acceptors (Lipinski definition) is 5. The van der Waals surface area contributed by atoms with Gasteiger partial charge in [-0.25, -0.2) is 9.97 Å². The molecule has 0 bridgehead atoms. The molecule has 1 saturated carbocycles. The third-order valence-corrected chi connectivity index (χ3v) is 6.01. The van der Waals surface area contributed by atoms with Crippen molar-refractivity contribution in [1.29, 1.82) is 0 Å². The minimum atomic E-state index is 0.327. The summed E-state index contributed by atoms with van der Waals surface area (Å²) in [4.78, 5) is 25.9. The predicted molar refractivity (Wildman–Crippen MR) is 107 cm³/mol. The van der Waals surface area contributed by atoms with E-state index in [0.29, 0.717) is 18.3 Å². The van der Waals surface area contributed by atoms with Crippen LogP contribution in [0, 0.1) is 5.92 Å². The highest BCUT2D eigenvalue weighted by molar-refractivity contribution is 5.87. The predicted octanol–water partition coefficient (Wildman–Crippen LogP) is 2.83. The van der Waals surface area contributed by atoms with Crippen molar-refractivity contribution in [3.8, 4) is 0 Å². The van der Waals surface area contributed by atoms with Crippen LogP contribution in [0.5, 0.6) is 0 Å². The molecule has 1 amide bonds. The number of rotatable bonds is 5. The molecule has 0 spiro atoms. The molecule has 144 valence electrons. The summed E-state index contributed by atoms with van der Waals surface area (Å²) in [6.45, 7) is 4.01. The second kappa shape index (κ2) is 8.21. The Balaban J connectivity index is 1.28. The van der Waals surface area contributed by atoms with E-state index >= 15 is 0 Å². The van der Waals surface area contributed by atoms with Crippen LogP contribution in [-0.2, 0) is 11.3 Å². The van der Waals surface area contributed by atoms with Gasteiger partial charge >= 0.3 is 0 Å². The third kappa shape index (κ3) is 4.38. The third-order valence-electron chi connectivity index (χ3n) is 6.01. The molecule has 2 N–H and O–H groups in total. The summed E-state index contributed by atoms with van der Waals surface area (Å²) in [5, 5.41) is 0.902. The van der Waals surface area contributed by atoms with Crippen LogP contribution >= 0.6 is 0 Å². The minimum absolute atomic E-state index is 0.327. The summed E-state index contributed by atoms with van der Waals surface area (Å²) in [7, 11) is 0. The number of nitrogens with two attached hydrogens (primary N) is 1.